The SMILES string of the molecule is CCCCC(=O)Nc1cccc(NC(=O)c2cccc(F)c2)c1. The maximum Gasteiger partial charge on any atom is 0.255 e. The number of hydrogen-bond acceptors (Lipinski definition) is 2. The molecule has 2 aromatic rings. The molecule has 0 aliphatic carbocycles. The van der Waals surface area contributed by atoms with Gasteiger partial charge < -0.3 is 10.6 Å². The molecular weight excluding hydrogens is 295 g/mol. The lowest BCUT2D eigenvalue weighted by molar-refractivity contribution is -0.116. The van der Waals surface area contributed by atoms with Crippen LogP contribution in [0.25, 0.3) is 0 Å². The third kappa shape index (κ3) is 5.21. The van der Waals surface area contributed by atoms with Gasteiger partial charge >= 0.3 is 0 Å². The fourth-order valence-electron chi connectivity index (χ4n) is 2.07. The van der Waals surface area contributed by atoms with Crippen LogP contribution in [0.3, 0.4) is 0 Å². The van der Waals surface area contributed by atoms with Crippen molar-refractivity contribution in [3.05, 3.63) is 59.9 Å². The van der Waals surface area contributed by atoms with Gasteiger partial charge in [0.05, 0.1) is 0 Å². The number of carbonyl (C=O) groups excluding carboxylic acids is 2. The second kappa shape index (κ2) is 8.08. The summed E-state index contributed by atoms with van der Waals surface area (Å²) < 4.78 is 13.1. The molecule has 0 radical (unpaired) electrons. The van der Waals surface area contributed by atoms with Crippen LogP contribution < -0.4 is 10.6 Å². The maximum absolute atomic E-state index is 13.1. The fraction of sp³-hybridized carbons (Fsp3) is 0.222. The third-order valence-electron chi connectivity index (χ3n) is 3.25. The molecule has 0 fully saturated rings. The first-order valence-corrected chi connectivity index (χ1v) is 7.55. The third-order valence-corrected chi connectivity index (χ3v) is 3.25. The largest absolute Gasteiger partial charge is 0.326 e. The van der Waals surface area contributed by atoms with Gasteiger partial charge in [0, 0.05) is 23.4 Å². The predicted molar refractivity (Wildman–Crippen MR) is 88.9 cm³/mol. The summed E-state index contributed by atoms with van der Waals surface area (Å²) in [6.07, 6.45) is 2.26. The van der Waals surface area contributed by atoms with Crippen LogP contribution in [0.2, 0.25) is 0 Å². The molecule has 0 atom stereocenters. The minimum Gasteiger partial charge on any atom is -0.326 e. The van der Waals surface area contributed by atoms with Gasteiger partial charge in [0.2, 0.25) is 5.91 Å². The zero-order valence-corrected chi connectivity index (χ0v) is 12.9. The second-order valence-electron chi connectivity index (χ2n) is 5.20. The van der Waals surface area contributed by atoms with Crippen LogP contribution in [0, 0.1) is 5.82 Å². The molecule has 0 saturated heterocycles. The Labute approximate surface area is 134 Å². The van der Waals surface area contributed by atoms with E-state index < -0.39 is 11.7 Å². The Morgan fingerprint density at radius 3 is 2.39 bits per heavy atom. The van der Waals surface area contributed by atoms with E-state index >= 15 is 0 Å². The molecule has 120 valence electrons. The number of amides is 2. The van der Waals surface area contributed by atoms with Crippen molar-refractivity contribution in [3.63, 3.8) is 0 Å². The van der Waals surface area contributed by atoms with Gasteiger partial charge in [-0.3, -0.25) is 9.59 Å². The van der Waals surface area contributed by atoms with E-state index in [9.17, 15) is 14.0 Å². The van der Waals surface area contributed by atoms with Gasteiger partial charge in [0.15, 0.2) is 0 Å². The molecule has 2 N–H and O–H groups in total. The molecule has 0 aromatic heterocycles. The van der Waals surface area contributed by atoms with Crippen molar-refractivity contribution < 1.29 is 14.0 Å². The summed E-state index contributed by atoms with van der Waals surface area (Å²) in [6, 6.07) is 12.3. The number of rotatable bonds is 6. The number of benzene rings is 2. The van der Waals surface area contributed by atoms with E-state index in [1.54, 1.807) is 24.3 Å². The van der Waals surface area contributed by atoms with E-state index in [4.69, 9.17) is 0 Å². The van der Waals surface area contributed by atoms with E-state index in [0.29, 0.717) is 17.8 Å². The van der Waals surface area contributed by atoms with Gasteiger partial charge in [-0.1, -0.05) is 25.5 Å². The molecule has 0 aliphatic rings. The zero-order chi connectivity index (χ0) is 16.7. The monoisotopic (exact) mass is 314 g/mol. The van der Waals surface area contributed by atoms with Crippen molar-refractivity contribution in [1.29, 1.82) is 0 Å². The van der Waals surface area contributed by atoms with Crippen molar-refractivity contribution in [2.75, 3.05) is 10.6 Å². The average Bonchev–Trinajstić information content (AvgIpc) is 2.53. The number of hydrogen-bond donors (Lipinski definition) is 2. The summed E-state index contributed by atoms with van der Waals surface area (Å²) in [4.78, 5) is 23.8. The normalized spacial score (nSPS) is 10.2. The summed E-state index contributed by atoms with van der Waals surface area (Å²) in [6.45, 7) is 2.02. The quantitative estimate of drug-likeness (QED) is 0.839. The van der Waals surface area contributed by atoms with Crippen molar-refractivity contribution in [1.82, 2.24) is 0 Å². The predicted octanol–water partition coefficient (Wildman–Crippen LogP) is 4.21. The highest BCUT2D eigenvalue weighted by Crippen LogP contribution is 2.17. The Balaban J connectivity index is 2.02. The average molecular weight is 314 g/mol. The second-order valence-corrected chi connectivity index (χ2v) is 5.20. The minimum atomic E-state index is -0.463. The van der Waals surface area contributed by atoms with Crippen LogP contribution >= 0.6 is 0 Å². The number of halogens is 1. The Hall–Kier alpha value is -2.69. The summed E-state index contributed by atoms with van der Waals surface area (Å²) in [7, 11) is 0. The van der Waals surface area contributed by atoms with Crippen LogP contribution in [-0.2, 0) is 4.79 Å². The minimum absolute atomic E-state index is 0.0551. The Kier molecular flexibility index (Phi) is 5.86. The highest BCUT2D eigenvalue weighted by Gasteiger charge is 2.08. The number of nitrogens with one attached hydrogen (secondary N) is 2. The Morgan fingerprint density at radius 1 is 1.00 bits per heavy atom. The molecule has 0 unspecified atom stereocenters. The molecule has 4 nitrogen and oxygen atoms in total. The van der Waals surface area contributed by atoms with Gasteiger partial charge in [-0.25, -0.2) is 4.39 Å². The van der Waals surface area contributed by atoms with E-state index in [1.165, 1.54) is 24.3 Å². The molecule has 5 heteroatoms. The molecule has 0 aliphatic heterocycles. The van der Waals surface area contributed by atoms with Gasteiger partial charge in [-0.05, 0) is 42.8 Å². The topological polar surface area (TPSA) is 58.2 Å². The fourth-order valence-corrected chi connectivity index (χ4v) is 2.07. The molecule has 0 saturated carbocycles. The highest BCUT2D eigenvalue weighted by atomic mass is 19.1. The lowest BCUT2D eigenvalue weighted by Gasteiger charge is -2.09. The molecule has 2 aromatic carbocycles. The van der Waals surface area contributed by atoms with Crippen LogP contribution in [0.1, 0.15) is 36.5 Å². The summed E-state index contributed by atoms with van der Waals surface area (Å²) >= 11 is 0. The van der Waals surface area contributed by atoms with E-state index in [2.05, 4.69) is 10.6 Å². The summed E-state index contributed by atoms with van der Waals surface area (Å²) in [5, 5.41) is 5.47. The van der Waals surface area contributed by atoms with Crippen molar-refractivity contribution in [2.24, 2.45) is 0 Å². The van der Waals surface area contributed by atoms with E-state index in [1.807, 2.05) is 6.92 Å². The van der Waals surface area contributed by atoms with Gasteiger partial charge in [0.25, 0.3) is 5.91 Å². The first kappa shape index (κ1) is 16.7. The number of carbonyl (C=O) groups is 2. The smallest absolute Gasteiger partial charge is 0.255 e. The lowest BCUT2D eigenvalue weighted by atomic mass is 10.2. The molecule has 23 heavy (non-hydrogen) atoms. The first-order valence-electron chi connectivity index (χ1n) is 7.55. The van der Waals surface area contributed by atoms with Crippen LogP contribution in [-0.4, -0.2) is 11.8 Å². The summed E-state index contributed by atoms with van der Waals surface area (Å²) in [5.74, 6) is -0.922. The maximum atomic E-state index is 13.1. The first-order chi connectivity index (χ1) is 11.1. The van der Waals surface area contributed by atoms with Gasteiger partial charge in [-0.2, -0.15) is 0 Å². The number of unbranched alkanes of at least 4 members (excludes halogenated alkanes) is 1. The van der Waals surface area contributed by atoms with Crippen LogP contribution in [0.5, 0.6) is 0 Å². The summed E-state index contributed by atoms with van der Waals surface area (Å²) in [5.41, 5.74) is 1.39. The molecule has 0 spiro atoms. The van der Waals surface area contributed by atoms with Crippen molar-refractivity contribution >= 4 is 23.2 Å². The van der Waals surface area contributed by atoms with Crippen LogP contribution in [0.4, 0.5) is 15.8 Å². The number of anilines is 2. The van der Waals surface area contributed by atoms with Crippen molar-refractivity contribution in [3.8, 4) is 0 Å². The van der Waals surface area contributed by atoms with Gasteiger partial charge in [-0.15, -0.1) is 0 Å². The highest BCUT2D eigenvalue weighted by molar-refractivity contribution is 6.04. The zero-order valence-electron chi connectivity index (χ0n) is 12.9. The van der Waals surface area contributed by atoms with Crippen molar-refractivity contribution in [2.45, 2.75) is 26.2 Å². The van der Waals surface area contributed by atoms with Crippen LogP contribution in [0.15, 0.2) is 48.5 Å². The van der Waals surface area contributed by atoms with E-state index in [0.717, 1.165) is 12.8 Å². The van der Waals surface area contributed by atoms with Gasteiger partial charge in [0.1, 0.15) is 5.82 Å². The lowest BCUT2D eigenvalue weighted by Crippen LogP contribution is -2.13. The molecule has 2 amide bonds. The molecule has 0 heterocycles. The molecule has 0 bridgehead atoms. The molecular formula is C18H19FN2O2. The standard InChI is InChI=1S/C18H19FN2O2/c1-2-3-10-17(22)20-15-8-5-9-16(12-15)21-18(23)13-6-4-7-14(19)11-13/h4-9,11-12H,2-3,10H2,1H3,(H,20,22)(H,21,23). The Bertz CT molecular complexity index is 701. The molecule has 2 rings (SSSR count). The van der Waals surface area contributed by atoms with E-state index in [-0.39, 0.29) is 11.5 Å². The Morgan fingerprint density at radius 2 is 1.70 bits per heavy atom.